The van der Waals surface area contributed by atoms with Gasteiger partial charge in [0.05, 0.1) is 6.07 Å². The molecule has 0 radical (unpaired) electrons. The van der Waals surface area contributed by atoms with Crippen LogP contribution in [0.25, 0.3) is 0 Å². The number of likely N-dealkylation sites (N-methyl/N-ethyl adjacent to an activating group) is 1. The zero-order valence-electron chi connectivity index (χ0n) is 10.00. The summed E-state index contributed by atoms with van der Waals surface area (Å²) in [5.41, 5.74) is 5.20. The van der Waals surface area contributed by atoms with E-state index in [4.69, 9.17) is 11.0 Å². The third-order valence-corrected chi connectivity index (χ3v) is 3.28. The van der Waals surface area contributed by atoms with Gasteiger partial charge in [-0.1, -0.05) is 26.2 Å². The van der Waals surface area contributed by atoms with Gasteiger partial charge in [-0.25, -0.2) is 0 Å². The summed E-state index contributed by atoms with van der Waals surface area (Å²) in [6.07, 6.45) is 6.57. The molecule has 0 aromatic heterocycles. The van der Waals surface area contributed by atoms with Gasteiger partial charge in [0, 0.05) is 12.6 Å². The molecule has 15 heavy (non-hydrogen) atoms. The topological polar surface area (TPSA) is 53.0 Å². The Bertz CT molecular complexity index is 224. The first kappa shape index (κ1) is 12.5. The Morgan fingerprint density at radius 1 is 1.40 bits per heavy atom. The summed E-state index contributed by atoms with van der Waals surface area (Å²) >= 11 is 0. The van der Waals surface area contributed by atoms with Gasteiger partial charge in [-0.2, -0.15) is 5.26 Å². The predicted octanol–water partition coefficient (Wildman–Crippen LogP) is 1.88. The Hall–Kier alpha value is -0.590. The van der Waals surface area contributed by atoms with Gasteiger partial charge in [-0.3, -0.25) is 4.90 Å². The van der Waals surface area contributed by atoms with Crippen LogP contribution >= 0.6 is 0 Å². The molecule has 0 aromatic rings. The van der Waals surface area contributed by atoms with Crippen LogP contribution in [0.3, 0.4) is 0 Å². The maximum Gasteiger partial charge on any atom is 0.114 e. The molecule has 0 bridgehead atoms. The summed E-state index contributed by atoms with van der Waals surface area (Å²) in [6, 6.07) is 2.83. The molecule has 1 aliphatic carbocycles. The van der Waals surface area contributed by atoms with Gasteiger partial charge in [-0.15, -0.1) is 0 Å². The number of hydrogen-bond acceptors (Lipinski definition) is 3. The number of nitrogens with two attached hydrogens (primary N) is 1. The molecule has 1 unspecified atom stereocenters. The Labute approximate surface area is 93.2 Å². The molecular formula is C12H23N3. The lowest BCUT2D eigenvalue weighted by Gasteiger charge is -2.36. The fourth-order valence-electron chi connectivity index (χ4n) is 2.40. The van der Waals surface area contributed by atoms with Crippen molar-refractivity contribution in [3.63, 3.8) is 0 Å². The van der Waals surface area contributed by atoms with E-state index in [1.54, 1.807) is 0 Å². The molecular weight excluding hydrogens is 186 g/mol. The van der Waals surface area contributed by atoms with Crippen molar-refractivity contribution in [1.29, 1.82) is 5.26 Å². The summed E-state index contributed by atoms with van der Waals surface area (Å²) in [6.45, 7) is 5.67. The summed E-state index contributed by atoms with van der Waals surface area (Å²) in [4.78, 5) is 2.38. The van der Waals surface area contributed by atoms with E-state index in [1.165, 1.54) is 32.1 Å². The van der Waals surface area contributed by atoms with Crippen molar-refractivity contribution in [2.45, 2.75) is 57.5 Å². The molecule has 1 aliphatic rings. The highest BCUT2D eigenvalue weighted by molar-refractivity contribution is 5.03. The lowest BCUT2D eigenvalue weighted by molar-refractivity contribution is 0.145. The van der Waals surface area contributed by atoms with Crippen LogP contribution in [-0.4, -0.2) is 29.6 Å². The van der Waals surface area contributed by atoms with Crippen molar-refractivity contribution >= 4 is 0 Å². The first-order valence-electron chi connectivity index (χ1n) is 6.03. The first-order valence-corrected chi connectivity index (χ1v) is 6.03. The zero-order valence-corrected chi connectivity index (χ0v) is 10.00. The molecule has 0 heterocycles. The Morgan fingerprint density at radius 3 is 2.47 bits per heavy atom. The maximum atomic E-state index is 8.94. The molecule has 3 heteroatoms. The molecule has 1 atom stereocenters. The first-order chi connectivity index (χ1) is 7.09. The van der Waals surface area contributed by atoms with Crippen LogP contribution in [0, 0.1) is 11.3 Å². The van der Waals surface area contributed by atoms with E-state index in [-0.39, 0.29) is 0 Å². The number of nitrogens with zero attached hydrogens (tertiary/aromatic N) is 2. The SMILES string of the molecule is CCN(CC(C)(N)C#N)C1CCCCC1. The Morgan fingerprint density at radius 2 is 2.00 bits per heavy atom. The van der Waals surface area contributed by atoms with E-state index in [9.17, 15) is 0 Å². The van der Waals surface area contributed by atoms with E-state index in [0.29, 0.717) is 12.6 Å². The molecule has 0 saturated heterocycles. The highest BCUT2D eigenvalue weighted by Gasteiger charge is 2.26. The highest BCUT2D eigenvalue weighted by Crippen LogP contribution is 2.23. The maximum absolute atomic E-state index is 8.94. The highest BCUT2D eigenvalue weighted by atomic mass is 15.2. The molecule has 0 amide bonds. The van der Waals surface area contributed by atoms with Gasteiger partial charge in [0.25, 0.3) is 0 Å². The quantitative estimate of drug-likeness (QED) is 0.769. The lowest BCUT2D eigenvalue weighted by atomic mass is 9.93. The van der Waals surface area contributed by atoms with Gasteiger partial charge in [0.1, 0.15) is 5.54 Å². The Balaban J connectivity index is 2.51. The van der Waals surface area contributed by atoms with Crippen LogP contribution in [0.4, 0.5) is 0 Å². The van der Waals surface area contributed by atoms with Crippen LogP contribution < -0.4 is 5.73 Å². The monoisotopic (exact) mass is 209 g/mol. The van der Waals surface area contributed by atoms with Gasteiger partial charge < -0.3 is 5.73 Å². The van der Waals surface area contributed by atoms with Crippen LogP contribution in [0.5, 0.6) is 0 Å². The smallest absolute Gasteiger partial charge is 0.114 e. The molecule has 0 spiro atoms. The molecule has 1 saturated carbocycles. The summed E-state index contributed by atoms with van der Waals surface area (Å²) in [5.74, 6) is 0. The second kappa shape index (κ2) is 5.48. The summed E-state index contributed by atoms with van der Waals surface area (Å²) in [7, 11) is 0. The van der Waals surface area contributed by atoms with Crippen molar-refractivity contribution in [1.82, 2.24) is 4.90 Å². The molecule has 86 valence electrons. The third-order valence-electron chi connectivity index (χ3n) is 3.28. The number of nitriles is 1. The number of rotatable bonds is 4. The molecule has 2 N–H and O–H groups in total. The largest absolute Gasteiger partial charge is 0.313 e. The minimum Gasteiger partial charge on any atom is -0.313 e. The summed E-state index contributed by atoms with van der Waals surface area (Å²) < 4.78 is 0. The lowest BCUT2D eigenvalue weighted by Crippen LogP contribution is -2.50. The minimum absolute atomic E-state index is 0.653. The van der Waals surface area contributed by atoms with Crippen molar-refractivity contribution in [3.8, 4) is 6.07 Å². The van der Waals surface area contributed by atoms with Crippen LogP contribution in [0.15, 0.2) is 0 Å². The van der Waals surface area contributed by atoms with Crippen molar-refractivity contribution in [2.24, 2.45) is 5.73 Å². The van der Waals surface area contributed by atoms with Gasteiger partial charge >= 0.3 is 0 Å². The molecule has 1 rings (SSSR count). The molecule has 3 nitrogen and oxygen atoms in total. The second-order valence-corrected chi connectivity index (χ2v) is 4.88. The average molecular weight is 209 g/mol. The van der Waals surface area contributed by atoms with E-state index in [1.807, 2.05) is 6.92 Å². The van der Waals surface area contributed by atoms with Crippen LogP contribution in [0.2, 0.25) is 0 Å². The Kier molecular flexibility index (Phi) is 4.56. The van der Waals surface area contributed by atoms with Crippen molar-refractivity contribution in [3.05, 3.63) is 0 Å². The predicted molar refractivity (Wildman–Crippen MR) is 62.3 cm³/mol. The van der Waals surface area contributed by atoms with E-state index in [0.717, 1.165) is 6.54 Å². The standard InChI is InChI=1S/C12H23N3/c1-3-15(10-12(2,14)9-13)11-7-5-4-6-8-11/h11H,3-8,10,14H2,1-2H3. The fraction of sp³-hybridized carbons (Fsp3) is 0.917. The van der Waals surface area contributed by atoms with Crippen LogP contribution in [-0.2, 0) is 0 Å². The zero-order chi connectivity index (χ0) is 11.3. The van der Waals surface area contributed by atoms with E-state index < -0.39 is 5.54 Å². The molecule has 0 aliphatic heterocycles. The molecule has 0 aromatic carbocycles. The van der Waals surface area contributed by atoms with Gasteiger partial charge in [0.2, 0.25) is 0 Å². The van der Waals surface area contributed by atoms with Crippen molar-refractivity contribution in [2.75, 3.05) is 13.1 Å². The average Bonchev–Trinajstić information content (AvgIpc) is 2.27. The molecule has 1 fully saturated rings. The second-order valence-electron chi connectivity index (χ2n) is 4.88. The minimum atomic E-state index is -0.701. The normalized spacial score (nSPS) is 22.3. The summed E-state index contributed by atoms with van der Waals surface area (Å²) in [5, 5.41) is 8.94. The van der Waals surface area contributed by atoms with E-state index >= 15 is 0 Å². The van der Waals surface area contributed by atoms with Gasteiger partial charge in [0.15, 0.2) is 0 Å². The van der Waals surface area contributed by atoms with E-state index in [2.05, 4.69) is 17.9 Å². The third kappa shape index (κ3) is 3.81. The van der Waals surface area contributed by atoms with Crippen LogP contribution in [0.1, 0.15) is 46.0 Å². The number of hydrogen-bond donors (Lipinski definition) is 1. The van der Waals surface area contributed by atoms with Crippen molar-refractivity contribution < 1.29 is 0 Å². The van der Waals surface area contributed by atoms with Gasteiger partial charge in [-0.05, 0) is 26.3 Å². The fourth-order valence-corrected chi connectivity index (χ4v) is 2.40.